The molecule has 0 radical (unpaired) electrons. The minimum absolute atomic E-state index is 0.0309. The van der Waals surface area contributed by atoms with Crippen LogP contribution in [0.2, 0.25) is 0 Å². The molecule has 0 N–H and O–H groups in total. The van der Waals surface area contributed by atoms with E-state index >= 15 is 0 Å². The molecule has 0 amide bonds. The number of allylic oxidation sites excluding steroid dienone is 1. The maximum Gasteiger partial charge on any atom is 0.387 e. The molecule has 2 aromatic carbocycles. The van der Waals surface area contributed by atoms with Gasteiger partial charge in [-0.1, -0.05) is 12.1 Å². The minimum atomic E-state index is -3.03. The number of alkyl halides is 4. The molecule has 0 bridgehead atoms. The molecule has 0 aliphatic heterocycles. The minimum Gasteiger partial charge on any atom is -0.493 e. The molecule has 2 aromatic rings. The lowest BCUT2D eigenvalue weighted by Crippen LogP contribution is -2.04. The van der Waals surface area contributed by atoms with E-state index in [0.29, 0.717) is 5.56 Å². The molecule has 0 unspecified atom stereocenters. The smallest absolute Gasteiger partial charge is 0.387 e. The molecule has 5 nitrogen and oxygen atoms in total. The summed E-state index contributed by atoms with van der Waals surface area (Å²) in [6.45, 7) is -6.06. The maximum absolute atomic E-state index is 12.5. The summed E-state index contributed by atoms with van der Waals surface area (Å²) >= 11 is 0. The molecule has 0 saturated carbocycles. The monoisotopic (exact) mass is 400 g/mol. The highest BCUT2D eigenvalue weighted by molar-refractivity contribution is 6.07. The third-order valence-electron chi connectivity index (χ3n) is 3.50. The van der Waals surface area contributed by atoms with E-state index < -0.39 is 19.0 Å². The number of benzene rings is 2. The van der Waals surface area contributed by atoms with Gasteiger partial charge in [-0.3, -0.25) is 4.79 Å². The molecule has 0 aliphatic carbocycles. The average molecular weight is 400 g/mol. The second kappa shape index (κ2) is 9.63. The fourth-order valence-corrected chi connectivity index (χ4v) is 2.27. The van der Waals surface area contributed by atoms with Gasteiger partial charge in [-0.15, -0.1) is 0 Å². The molecule has 150 valence electrons. The number of halogens is 4. The second-order valence-corrected chi connectivity index (χ2v) is 5.23. The molecule has 2 rings (SSSR count). The van der Waals surface area contributed by atoms with Gasteiger partial charge >= 0.3 is 13.2 Å². The van der Waals surface area contributed by atoms with Crippen molar-refractivity contribution >= 4 is 11.9 Å². The Morgan fingerprint density at radius 1 is 0.821 bits per heavy atom. The molecule has 0 fully saturated rings. The molecule has 0 spiro atoms. The molecular formula is C19H16F4O5. The number of methoxy groups -OCH3 is 2. The molecule has 28 heavy (non-hydrogen) atoms. The van der Waals surface area contributed by atoms with Gasteiger partial charge in [-0.2, -0.15) is 17.6 Å². The van der Waals surface area contributed by atoms with Gasteiger partial charge in [0.15, 0.2) is 28.8 Å². The van der Waals surface area contributed by atoms with Crippen molar-refractivity contribution in [1.29, 1.82) is 0 Å². The molecule has 0 heterocycles. The van der Waals surface area contributed by atoms with Crippen LogP contribution >= 0.6 is 0 Å². The first kappa shape index (κ1) is 21.1. The van der Waals surface area contributed by atoms with Crippen LogP contribution in [0, 0.1) is 0 Å². The third kappa shape index (κ3) is 5.63. The quantitative estimate of drug-likeness (QED) is 0.344. The lowest BCUT2D eigenvalue weighted by molar-refractivity contribution is -0.0518. The van der Waals surface area contributed by atoms with Crippen LogP contribution in [0.25, 0.3) is 6.08 Å². The van der Waals surface area contributed by atoms with Crippen LogP contribution in [-0.4, -0.2) is 33.2 Å². The van der Waals surface area contributed by atoms with Gasteiger partial charge in [0.25, 0.3) is 0 Å². The van der Waals surface area contributed by atoms with Gasteiger partial charge in [0.05, 0.1) is 14.2 Å². The Balaban J connectivity index is 2.21. The van der Waals surface area contributed by atoms with Crippen molar-refractivity contribution in [3.63, 3.8) is 0 Å². The largest absolute Gasteiger partial charge is 0.493 e. The Bertz CT molecular complexity index is 852. The summed E-state index contributed by atoms with van der Waals surface area (Å²) < 4.78 is 68.2. The number of ketones is 1. The van der Waals surface area contributed by atoms with E-state index in [2.05, 4.69) is 9.47 Å². The lowest BCUT2D eigenvalue weighted by atomic mass is 10.1. The first-order chi connectivity index (χ1) is 13.3. The summed E-state index contributed by atoms with van der Waals surface area (Å²) in [5, 5.41) is 0. The topological polar surface area (TPSA) is 54.0 Å². The summed E-state index contributed by atoms with van der Waals surface area (Å²) in [4.78, 5) is 12.3. The zero-order chi connectivity index (χ0) is 20.7. The first-order valence-electron chi connectivity index (χ1n) is 7.82. The van der Waals surface area contributed by atoms with Crippen LogP contribution in [0.1, 0.15) is 15.9 Å². The second-order valence-electron chi connectivity index (χ2n) is 5.23. The predicted octanol–water partition coefficient (Wildman–Crippen LogP) is 4.80. The van der Waals surface area contributed by atoms with Crippen molar-refractivity contribution in [2.75, 3.05) is 14.2 Å². The van der Waals surface area contributed by atoms with E-state index in [0.717, 1.165) is 0 Å². The highest BCUT2D eigenvalue weighted by Crippen LogP contribution is 2.31. The Hall–Kier alpha value is -3.23. The van der Waals surface area contributed by atoms with Crippen molar-refractivity contribution in [2.24, 2.45) is 0 Å². The Kier molecular flexibility index (Phi) is 7.25. The zero-order valence-corrected chi connectivity index (χ0v) is 14.8. The molecular weight excluding hydrogens is 384 g/mol. The Labute approximate surface area is 158 Å². The van der Waals surface area contributed by atoms with Gasteiger partial charge in [-0.05, 0) is 42.0 Å². The van der Waals surface area contributed by atoms with Gasteiger partial charge in [0.1, 0.15) is 0 Å². The van der Waals surface area contributed by atoms with E-state index in [4.69, 9.17) is 9.47 Å². The Morgan fingerprint density at radius 2 is 1.43 bits per heavy atom. The maximum atomic E-state index is 12.5. The van der Waals surface area contributed by atoms with E-state index in [1.165, 1.54) is 56.7 Å². The summed E-state index contributed by atoms with van der Waals surface area (Å²) in [5.74, 6) is -0.766. The van der Waals surface area contributed by atoms with Crippen LogP contribution < -0.4 is 18.9 Å². The van der Waals surface area contributed by atoms with Gasteiger partial charge < -0.3 is 18.9 Å². The van der Waals surface area contributed by atoms with E-state index in [-0.39, 0.29) is 28.6 Å². The molecule has 0 aliphatic rings. The summed E-state index contributed by atoms with van der Waals surface area (Å²) in [5.41, 5.74) is 0.571. The number of hydrogen-bond acceptors (Lipinski definition) is 5. The number of rotatable bonds is 9. The van der Waals surface area contributed by atoms with Crippen LogP contribution in [0.15, 0.2) is 42.5 Å². The highest BCUT2D eigenvalue weighted by Gasteiger charge is 2.14. The fraction of sp³-hybridized carbons (Fsp3) is 0.211. The van der Waals surface area contributed by atoms with E-state index in [1.807, 2.05) is 0 Å². The molecule has 0 aromatic heterocycles. The van der Waals surface area contributed by atoms with E-state index in [9.17, 15) is 22.4 Å². The number of carbonyl (C=O) groups excluding carboxylic acids is 1. The van der Waals surface area contributed by atoms with Crippen molar-refractivity contribution in [1.82, 2.24) is 0 Å². The average Bonchev–Trinajstić information content (AvgIpc) is 2.65. The summed E-state index contributed by atoms with van der Waals surface area (Å²) in [6, 6.07) is 7.99. The first-order valence-corrected chi connectivity index (χ1v) is 7.82. The zero-order valence-electron chi connectivity index (χ0n) is 14.8. The molecule has 0 atom stereocenters. The van der Waals surface area contributed by atoms with Crippen LogP contribution in [-0.2, 0) is 0 Å². The summed E-state index contributed by atoms with van der Waals surface area (Å²) in [7, 11) is 2.56. The lowest BCUT2D eigenvalue weighted by Gasteiger charge is -2.11. The van der Waals surface area contributed by atoms with Crippen molar-refractivity contribution in [2.45, 2.75) is 13.2 Å². The van der Waals surface area contributed by atoms with E-state index in [1.54, 1.807) is 6.07 Å². The predicted molar refractivity (Wildman–Crippen MR) is 92.6 cm³/mol. The normalized spacial score (nSPS) is 11.1. The van der Waals surface area contributed by atoms with Crippen molar-refractivity contribution in [3.05, 3.63) is 53.6 Å². The number of carbonyl (C=O) groups is 1. The standard InChI is InChI=1S/C19H16F4O5/c1-25-14-7-4-11(9-17(14)28-19(22)23)3-6-13(24)12-5-8-15(27-18(20)21)16(10-12)26-2/h3-10,18-19H,1-2H3/b6-3+. The van der Waals surface area contributed by atoms with Crippen LogP contribution in [0.5, 0.6) is 23.0 Å². The van der Waals surface area contributed by atoms with Crippen molar-refractivity contribution in [3.8, 4) is 23.0 Å². The van der Waals surface area contributed by atoms with Gasteiger partial charge in [0, 0.05) is 5.56 Å². The van der Waals surface area contributed by atoms with Crippen LogP contribution in [0.4, 0.5) is 17.6 Å². The van der Waals surface area contributed by atoms with Crippen LogP contribution in [0.3, 0.4) is 0 Å². The molecule has 9 heteroatoms. The van der Waals surface area contributed by atoms with Crippen molar-refractivity contribution < 1.29 is 41.3 Å². The summed E-state index contributed by atoms with van der Waals surface area (Å²) in [6.07, 6.45) is 2.58. The Morgan fingerprint density at radius 3 is 2.04 bits per heavy atom. The number of hydrogen-bond donors (Lipinski definition) is 0. The number of ether oxygens (including phenoxy) is 4. The SMILES string of the molecule is COc1cc(C(=O)/C=C/c2ccc(OC)c(OC(F)F)c2)ccc1OC(F)F. The third-order valence-corrected chi connectivity index (χ3v) is 3.50. The van der Waals surface area contributed by atoms with Gasteiger partial charge in [-0.25, -0.2) is 0 Å². The fourth-order valence-electron chi connectivity index (χ4n) is 2.27. The highest BCUT2D eigenvalue weighted by atomic mass is 19.3. The van der Waals surface area contributed by atoms with Gasteiger partial charge in [0.2, 0.25) is 0 Å². The molecule has 0 saturated heterocycles.